The lowest BCUT2D eigenvalue weighted by Crippen LogP contribution is -2.27. The molecule has 0 rings (SSSR count). The average Bonchev–Trinajstić information content (AvgIpc) is 2.16. The molecule has 14 heavy (non-hydrogen) atoms. The second-order valence-electron chi connectivity index (χ2n) is 3.66. The first-order valence-electron chi connectivity index (χ1n) is 5.29. The van der Waals surface area contributed by atoms with Crippen LogP contribution < -0.4 is 0 Å². The maximum absolute atomic E-state index is 11.2. The first-order valence-corrected chi connectivity index (χ1v) is 5.29. The van der Waals surface area contributed by atoms with Crippen LogP contribution in [0.25, 0.3) is 0 Å². The minimum absolute atomic E-state index is 0.0662. The number of carbonyl (C=O) groups excluding carboxylic acids is 1. The lowest BCUT2D eigenvalue weighted by Gasteiger charge is -2.18. The summed E-state index contributed by atoms with van der Waals surface area (Å²) >= 11 is 0. The Morgan fingerprint density at radius 1 is 1.43 bits per heavy atom. The predicted octanol–water partition coefficient (Wildman–Crippen LogP) is 2.86. The number of unbranched alkanes of at least 4 members (excludes halogenated alkanes) is 2. The van der Waals surface area contributed by atoms with Gasteiger partial charge in [0.25, 0.3) is 0 Å². The second-order valence-corrected chi connectivity index (χ2v) is 3.66. The van der Waals surface area contributed by atoms with Crippen LogP contribution in [0.1, 0.15) is 39.0 Å². The summed E-state index contributed by atoms with van der Waals surface area (Å²) in [4.78, 5) is 12.7. The molecule has 0 N–H and O–H groups in total. The molecule has 0 spiro atoms. The molecular weight excluding hydrogens is 178 g/mol. The van der Waals surface area contributed by atoms with Crippen molar-refractivity contribution in [1.82, 2.24) is 4.90 Å². The van der Waals surface area contributed by atoms with E-state index >= 15 is 0 Å². The number of carbonyl (C=O) groups is 1. The van der Waals surface area contributed by atoms with Crippen LogP contribution in [-0.2, 0) is 4.74 Å². The zero-order valence-corrected chi connectivity index (χ0v) is 9.58. The molecule has 0 bridgehead atoms. The summed E-state index contributed by atoms with van der Waals surface area (Å²) < 4.78 is 5.27. The molecule has 0 aliphatic carbocycles. The number of rotatable bonds is 6. The van der Waals surface area contributed by atoms with Crippen molar-refractivity contribution in [1.29, 1.82) is 0 Å². The fourth-order valence-electron chi connectivity index (χ4n) is 1.14. The van der Waals surface area contributed by atoms with Crippen molar-refractivity contribution in [2.45, 2.75) is 45.1 Å². The van der Waals surface area contributed by atoms with Crippen molar-refractivity contribution >= 4 is 6.09 Å². The Hall–Kier alpha value is -0.730. The Bertz CT molecular complexity index is 157. The summed E-state index contributed by atoms with van der Waals surface area (Å²) in [5, 5.41) is 0. The van der Waals surface area contributed by atoms with Crippen molar-refractivity contribution < 1.29 is 9.53 Å². The van der Waals surface area contributed by atoms with Crippen LogP contribution >= 0.6 is 0 Å². The number of amides is 1. The molecule has 0 saturated carbocycles. The Morgan fingerprint density at radius 2 is 2.07 bits per heavy atom. The van der Waals surface area contributed by atoms with Gasteiger partial charge in [-0.05, 0) is 19.3 Å². The predicted molar refractivity (Wildman–Crippen MR) is 58.1 cm³/mol. The summed E-state index contributed by atoms with van der Waals surface area (Å²) in [7, 11) is 3.40. The SMILES string of the molecule is [CH2]CCCCC(CC)OC(=O)N(C)C. The van der Waals surface area contributed by atoms with Crippen LogP contribution in [0.2, 0.25) is 0 Å². The molecule has 0 aliphatic heterocycles. The van der Waals surface area contributed by atoms with E-state index in [4.69, 9.17) is 4.74 Å². The first kappa shape index (κ1) is 13.3. The fourth-order valence-corrected chi connectivity index (χ4v) is 1.14. The Morgan fingerprint density at radius 3 is 2.50 bits per heavy atom. The van der Waals surface area contributed by atoms with E-state index in [-0.39, 0.29) is 12.2 Å². The normalized spacial score (nSPS) is 12.3. The number of hydrogen-bond donors (Lipinski definition) is 0. The minimum Gasteiger partial charge on any atom is -0.446 e. The number of ether oxygens (including phenoxy) is 1. The van der Waals surface area contributed by atoms with Crippen LogP contribution in [0.5, 0.6) is 0 Å². The van der Waals surface area contributed by atoms with Crippen molar-refractivity contribution in [3.8, 4) is 0 Å². The van der Waals surface area contributed by atoms with Gasteiger partial charge in [-0.3, -0.25) is 0 Å². The summed E-state index contributed by atoms with van der Waals surface area (Å²) in [6.07, 6.45) is 4.81. The van der Waals surface area contributed by atoms with Gasteiger partial charge in [0.1, 0.15) is 6.10 Å². The van der Waals surface area contributed by atoms with Crippen molar-refractivity contribution in [3.63, 3.8) is 0 Å². The van der Waals surface area contributed by atoms with E-state index in [2.05, 4.69) is 6.92 Å². The van der Waals surface area contributed by atoms with Gasteiger partial charge in [0, 0.05) is 14.1 Å². The van der Waals surface area contributed by atoms with E-state index < -0.39 is 0 Å². The topological polar surface area (TPSA) is 29.5 Å². The quantitative estimate of drug-likeness (QED) is 0.617. The molecule has 3 nitrogen and oxygen atoms in total. The van der Waals surface area contributed by atoms with Gasteiger partial charge < -0.3 is 9.64 Å². The highest BCUT2D eigenvalue weighted by Crippen LogP contribution is 2.10. The summed E-state index contributed by atoms with van der Waals surface area (Å²) in [5.74, 6) is 0. The van der Waals surface area contributed by atoms with E-state index in [0.29, 0.717) is 0 Å². The van der Waals surface area contributed by atoms with Gasteiger partial charge in [-0.25, -0.2) is 4.79 Å². The lowest BCUT2D eigenvalue weighted by atomic mass is 10.1. The molecule has 0 aromatic rings. The summed E-state index contributed by atoms with van der Waals surface area (Å²) in [5.41, 5.74) is 0. The average molecular weight is 200 g/mol. The Labute approximate surface area is 87.4 Å². The fraction of sp³-hybridized carbons (Fsp3) is 0.818. The Balaban J connectivity index is 3.73. The molecule has 0 saturated heterocycles. The molecule has 0 fully saturated rings. The molecule has 0 aliphatic rings. The van der Waals surface area contributed by atoms with Gasteiger partial charge >= 0.3 is 6.09 Å². The van der Waals surface area contributed by atoms with Crippen LogP contribution in [0.3, 0.4) is 0 Å². The molecule has 1 atom stereocenters. The van der Waals surface area contributed by atoms with E-state index in [1.807, 2.05) is 6.92 Å². The highest BCUT2D eigenvalue weighted by Gasteiger charge is 2.12. The summed E-state index contributed by atoms with van der Waals surface area (Å²) in [6, 6.07) is 0. The number of hydrogen-bond acceptors (Lipinski definition) is 2. The molecule has 1 unspecified atom stereocenters. The highest BCUT2D eigenvalue weighted by atomic mass is 16.6. The third-order valence-electron chi connectivity index (χ3n) is 2.11. The third kappa shape index (κ3) is 5.84. The molecule has 1 amide bonds. The van der Waals surface area contributed by atoms with Crippen LogP contribution in [0, 0.1) is 6.92 Å². The second kappa shape index (κ2) is 7.65. The first-order chi connectivity index (χ1) is 6.61. The minimum atomic E-state index is -0.244. The molecule has 83 valence electrons. The smallest absolute Gasteiger partial charge is 0.409 e. The largest absolute Gasteiger partial charge is 0.446 e. The van der Waals surface area contributed by atoms with E-state index in [0.717, 1.165) is 32.1 Å². The summed E-state index contributed by atoms with van der Waals surface area (Å²) in [6.45, 7) is 5.82. The molecule has 0 aromatic heterocycles. The molecule has 0 aromatic carbocycles. The zero-order valence-electron chi connectivity index (χ0n) is 9.58. The van der Waals surface area contributed by atoms with Gasteiger partial charge in [-0.1, -0.05) is 26.7 Å². The maximum atomic E-state index is 11.2. The van der Waals surface area contributed by atoms with E-state index in [1.165, 1.54) is 4.90 Å². The third-order valence-corrected chi connectivity index (χ3v) is 2.11. The molecule has 3 heteroatoms. The van der Waals surface area contributed by atoms with Gasteiger partial charge in [0.2, 0.25) is 0 Å². The molecule has 0 heterocycles. The van der Waals surface area contributed by atoms with Crippen molar-refractivity contribution in [2.75, 3.05) is 14.1 Å². The van der Waals surface area contributed by atoms with Crippen LogP contribution in [-0.4, -0.2) is 31.2 Å². The van der Waals surface area contributed by atoms with Crippen LogP contribution in [0.15, 0.2) is 0 Å². The van der Waals surface area contributed by atoms with E-state index in [1.54, 1.807) is 14.1 Å². The Kier molecular flexibility index (Phi) is 7.25. The highest BCUT2D eigenvalue weighted by molar-refractivity contribution is 5.66. The van der Waals surface area contributed by atoms with Gasteiger partial charge in [-0.2, -0.15) is 0 Å². The van der Waals surface area contributed by atoms with Gasteiger partial charge in [-0.15, -0.1) is 0 Å². The monoisotopic (exact) mass is 200 g/mol. The molecule has 1 radical (unpaired) electrons. The van der Waals surface area contributed by atoms with Gasteiger partial charge in [0.05, 0.1) is 0 Å². The van der Waals surface area contributed by atoms with Crippen molar-refractivity contribution in [3.05, 3.63) is 6.92 Å². The lowest BCUT2D eigenvalue weighted by molar-refractivity contribution is 0.0672. The van der Waals surface area contributed by atoms with Crippen molar-refractivity contribution in [2.24, 2.45) is 0 Å². The molecular formula is C11H22NO2. The van der Waals surface area contributed by atoms with Gasteiger partial charge in [0.15, 0.2) is 0 Å². The zero-order chi connectivity index (χ0) is 11.0. The standard InChI is InChI=1S/C11H22NO2/c1-5-7-8-9-10(6-2)14-11(13)12(3)4/h10H,1,5-9H2,2-4H3. The maximum Gasteiger partial charge on any atom is 0.409 e. The van der Waals surface area contributed by atoms with E-state index in [9.17, 15) is 4.79 Å². The van der Waals surface area contributed by atoms with Crippen LogP contribution in [0.4, 0.5) is 4.79 Å². The number of nitrogens with zero attached hydrogens (tertiary/aromatic N) is 1.